The molecule has 1 aliphatic rings. The van der Waals surface area contributed by atoms with Gasteiger partial charge in [0.2, 0.25) is 0 Å². The van der Waals surface area contributed by atoms with Gasteiger partial charge in [-0.15, -0.1) is 24.8 Å². The van der Waals surface area contributed by atoms with Crippen molar-refractivity contribution in [2.75, 3.05) is 32.9 Å². The highest BCUT2D eigenvalue weighted by molar-refractivity contribution is 9.10. The van der Waals surface area contributed by atoms with Gasteiger partial charge in [-0.25, -0.2) is 4.39 Å². The van der Waals surface area contributed by atoms with E-state index in [0.29, 0.717) is 10.0 Å². The fourth-order valence-corrected chi connectivity index (χ4v) is 2.66. The van der Waals surface area contributed by atoms with E-state index in [1.165, 1.54) is 6.07 Å². The minimum atomic E-state index is -0.543. The molecule has 1 N–H and O–H groups in total. The van der Waals surface area contributed by atoms with Crippen molar-refractivity contribution >= 4 is 46.4 Å². The van der Waals surface area contributed by atoms with Crippen molar-refractivity contribution < 1.29 is 9.31 Å². The first kappa shape index (κ1) is 20.5. The van der Waals surface area contributed by atoms with Gasteiger partial charge in [-0.05, 0) is 27.6 Å². The molecule has 1 saturated heterocycles. The normalized spacial score (nSPS) is 16.5. The van der Waals surface area contributed by atoms with Crippen LogP contribution in [0.2, 0.25) is 0 Å². The van der Waals surface area contributed by atoms with Gasteiger partial charge in [0.05, 0.1) is 15.4 Å². The molecule has 21 heavy (non-hydrogen) atoms. The number of alkyl halides is 1. The third-order valence-corrected chi connectivity index (χ3v) is 3.96. The van der Waals surface area contributed by atoms with E-state index in [9.17, 15) is 14.5 Å². The standard InChI is InChI=1S/C12H15BrFN3O2.2ClH/c13-10-2-1-9(7-11(10)17(18)19)12(8-14)16-5-3-15-4-6-16;;/h1-2,7,12,15H,3-6,8H2;2*1H/t12-;;/m1../s1. The molecule has 0 aliphatic carbocycles. The number of nitrogens with zero attached hydrogens (tertiary/aromatic N) is 2. The van der Waals surface area contributed by atoms with Crippen LogP contribution >= 0.6 is 40.7 Å². The van der Waals surface area contributed by atoms with Crippen molar-refractivity contribution in [1.82, 2.24) is 10.2 Å². The quantitative estimate of drug-likeness (QED) is 0.618. The van der Waals surface area contributed by atoms with E-state index in [1.54, 1.807) is 12.1 Å². The second kappa shape index (κ2) is 9.53. The lowest BCUT2D eigenvalue weighted by atomic mass is 10.0. The molecule has 9 heteroatoms. The highest BCUT2D eigenvalue weighted by Crippen LogP contribution is 2.30. The smallest absolute Gasteiger partial charge is 0.283 e. The van der Waals surface area contributed by atoms with Crippen molar-refractivity contribution in [3.63, 3.8) is 0 Å². The zero-order chi connectivity index (χ0) is 13.8. The lowest BCUT2D eigenvalue weighted by Crippen LogP contribution is -2.45. The Hall–Kier alpha value is -0.470. The van der Waals surface area contributed by atoms with E-state index in [0.717, 1.165) is 26.2 Å². The highest BCUT2D eigenvalue weighted by atomic mass is 79.9. The molecule has 5 nitrogen and oxygen atoms in total. The second-order valence-corrected chi connectivity index (χ2v) is 5.28. The Morgan fingerprint density at radius 2 is 2.00 bits per heavy atom. The number of hydrogen-bond donors (Lipinski definition) is 1. The lowest BCUT2D eigenvalue weighted by Gasteiger charge is -2.33. The second-order valence-electron chi connectivity index (χ2n) is 4.42. The Bertz CT molecular complexity index is 476. The van der Waals surface area contributed by atoms with Gasteiger partial charge in [0.1, 0.15) is 6.67 Å². The molecule has 1 heterocycles. The third-order valence-electron chi connectivity index (χ3n) is 3.29. The van der Waals surface area contributed by atoms with Crippen LogP contribution in [0, 0.1) is 10.1 Å². The molecule has 1 fully saturated rings. The summed E-state index contributed by atoms with van der Waals surface area (Å²) in [4.78, 5) is 12.5. The maximum absolute atomic E-state index is 13.3. The van der Waals surface area contributed by atoms with Crippen LogP contribution in [0.1, 0.15) is 11.6 Å². The fourth-order valence-electron chi connectivity index (χ4n) is 2.27. The maximum Gasteiger partial charge on any atom is 0.283 e. The monoisotopic (exact) mass is 403 g/mol. The third kappa shape index (κ3) is 5.03. The molecule has 0 amide bonds. The lowest BCUT2D eigenvalue weighted by molar-refractivity contribution is -0.385. The summed E-state index contributed by atoms with van der Waals surface area (Å²) in [5, 5.41) is 14.1. The first-order valence-corrected chi connectivity index (χ1v) is 6.87. The van der Waals surface area contributed by atoms with Crippen LogP contribution in [0.25, 0.3) is 0 Å². The summed E-state index contributed by atoms with van der Waals surface area (Å²) in [5.41, 5.74) is 0.630. The Labute approximate surface area is 143 Å². The van der Waals surface area contributed by atoms with Gasteiger partial charge >= 0.3 is 0 Å². The zero-order valence-electron chi connectivity index (χ0n) is 11.1. The van der Waals surface area contributed by atoms with Gasteiger partial charge in [-0.1, -0.05) is 6.07 Å². The number of nitro benzene ring substituents is 1. The number of nitrogens with one attached hydrogen (secondary N) is 1. The van der Waals surface area contributed by atoms with Crippen LogP contribution in [-0.2, 0) is 0 Å². The molecule has 2 rings (SSSR count). The van der Waals surface area contributed by atoms with Gasteiger partial charge in [0.15, 0.2) is 0 Å². The molecule has 0 bridgehead atoms. The Morgan fingerprint density at radius 1 is 1.38 bits per heavy atom. The molecule has 1 atom stereocenters. The summed E-state index contributed by atoms with van der Waals surface area (Å²) < 4.78 is 13.7. The Morgan fingerprint density at radius 3 is 2.52 bits per heavy atom. The summed E-state index contributed by atoms with van der Waals surface area (Å²) in [5.74, 6) is 0. The van der Waals surface area contributed by atoms with Gasteiger partial charge in [0, 0.05) is 32.2 Å². The molecule has 0 radical (unpaired) electrons. The van der Waals surface area contributed by atoms with Crippen molar-refractivity contribution in [2.24, 2.45) is 0 Å². The van der Waals surface area contributed by atoms with Crippen LogP contribution < -0.4 is 5.32 Å². The van der Waals surface area contributed by atoms with Crippen LogP contribution in [0.15, 0.2) is 22.7 Å². The van der Waals surface area contributed by atoms with E-state index < -0.39 is 17.6 Å². The number of benzene rings is 1. The Kier molecular flexibility index (Phi) is 9.31. The highest BCUT2D eigenvalue weighted by Gasteiger charge is 2.24. The summed E-state index contributed by atoms with van der Waals surface area (Å²) >= 11 is 3.14. The summed E-state index contributed by atoms with van der Waals surface area (Å²) in [6.45, 7) is 2.58. The minimum Gasteiger partial charge on any atom is -0.314 e. The van der Waals surface area contributed by atoms with Crippen molar-refractivity contribution in [3.8, 4) is 0 Å². The van der Waals surface area contributed by atoms with Crippen LogP contribution in [-0.4, -0.2) is 42.7 Å². The molecular weight excluding hydrogens is 388 g/mol. The molecular formula is C12H17BrCl2FN3O2. The van der Waals surface area contributed by atoms with Gasteiger partial charge in [-0.3, -0.25) is 15.0 Å². The molecule has 0 saturated carbocycles. The van der Waals surface area contributed by atoms with E-state index in [-0.39, 0.29) is 30.5 Å². The topological polar surface area (TPSA) is 58.4 Å². The number of piperazine rings is 1. The van der Waals surface area contributed by atoms with Gasteiger partial charge in [-0.2, -0.15) is 0 Å². The van der Waals surface area contributed by atoms with E-state index in [4.69, 9.17) is 0 Å². The van der Waals surface area contributed by atoms with E-state index in [2.05, 4.69) is 21.2 Å². The predicted octanol–water partition coefficient (Wildman–Crippen LogP) is 3.12. The van der Waals surface area contributed by atoms with Crippen LogP contribution in [0.4, 0.5) is 10.1 Å². The number of halogens is 4. The average Bonchev–Trinajstić information content (AvgIpc) is 2.42. The molecule has 1 aliphatic heterocycles. The number of nitro groups is 1. The number of rotatable bonds is 4. The molecule has 0 spiro atoms. The van der Waals surface area contributed by atoms with Crippen molar-refractivity contribution in [2.45, 2.75) is 6.04 Å². The first-order valence-electron chi connectivity index (χ1n) is 6.08. The zero-order valence-corrected chi connectivity index (χ0v) is 14.3. The van der Waals surface area contributed by atoms with Crippen LogP contribution in [0.5, 0.6) is 0 Å². The van der Waals surface area contributed by atoms with Crippen molar-refractivity contribution in [1.29, 1.82) is 0 Å². The van der Waals surface area contributed by atoms with E-state index >= 15 is 0 Å². The summed E-state index contributed by atoms with van der Waals surface area (Å²) in [6, 6.07) is 4.40. The number of hydrogen-bond acceptors (Lipinski definition) is 4. The molecule has 0 unspecified atom stereocenters. The Balaban J connectivity index is 0.00000200. The molecule has 120 valence electrons. The largest absolute Gasteiger partial charge is 0.314 e. The maximum atomic E-state index is 13.3. The first-order chi connectivity index (χ1) is 9.13. The molecule has 1 aromatic carbocycles. The predicted molar refractivity (Wildman–Crippen MR) is 88.5 cm³/mol. The summed E-state index contributed by atoms with van der Waals surface area (Å²) in [6.07, 6.45) is 0. The average molecular weight is 405 g/mol. The SMILES string of the molecule is Cl.Cl.O=[N+]([O-])c1cc([C@@H](CF)N2CCNCC2)ccc1Br. The van der Waals surface area contributed by atoms with Gasteiger partial charge < -0.3 is 5.32 Å². The molecule has 1 aromatic rings. The van der Waals surface area contributed by atoms with E-state index in [1.807, 2.05) is 4.90 Å². The molecule has 0 aromatic heterocycles. The van der Waals surface area contributed by atoms with Crippen molar-refractivity contribution in [3.05, 3.63) is 38.3 Å². The fraction of sp³-hybridized carbons (Fsp3) is 0.500. The minimum absolute atomic E-state index is 0. The summed E-state index contributed by atoms with van der Waals surface area (Å²) in [7, 11) is 0. The van der Waals surface area contributed by atoms with Gasteiger partial charge in [0.25, 0.3) is 5.69 Å². The van der Waals surface area contributed by atoms with Crippen LogP contribution in [0.3, 0.4) is 0 Å².